The third-order valence-electron chi connectivity index (χ3n) is 5.09. The number of phenolic OH excluding ortho intramolecular Hbond substituents is 1. The maximum atomic E-state index is 12.3. The average molecular weight is 348 g/mol. The van der Waals surface area contributed by atoms with Gasteiger partial charge in [0.2, 0.25) is 0 Å². The average Bonchev–Trinajstić information content (AvgIpc) is 2.57. The number of ether oxygens (including phenoxy) is 2. The van der Waals surface area contributed by atoms with E-state index in [0.29, 0.717) is 13.0 Å². The molecule has 1 aromatic carbocycles. The number of carbonyl (C=O) groups excluding carboxylic acids is 1. The van der Waals surface area contributed by atoms with E-state index in [0.717, 1.165) is 37.3 Å². The maximum Gasteiger partial charge on any atom is 0.323 e. The van der Waals surface area contributed by atoms with Crippen LogP contribution in [0.2, 0.25) is 0 Å². The summed E-state index contributed by atoms with van der Waals surface area (Å²) < 4.78 is 10.8. The van der Waals surface area contributed by atoms with E-state index in [-0.39, 0.29) is 30.0 Å². The molecule has 0 bridgehead atoms. The van der Waals surface area contributed by atoms with Gasteiger partial charge in [0.15, 0.2) is 0 Å². The second-order valence-corrected chi connectivity index (χ2v) is 7.18. The molecule has 3 rings (SSSR count). The Morgan fingerprint density at radius 2 is 1.96 bits per heavy atom. The lowest BCUT2D eigenvalue weighted by molar-refractivity contribution is -0.148. The summed E-state index contributed by atoms with van der Waals surface area (Å²) in [6.45, 7) is 8.35. The van der Waals surface area contributed by atoms with E-state index in [2.05, 4.69) is 23.6 Å². The SMILES string of the molecule is COC(=O)C1Cc2ccc(O)cc2CN1CCN1CC(C)OC(C)C1. The number of benzene rings is 1. The first kappa shape index (κ1) is 18.2. The quantitative estimate of drug-likeness (QED) is 0.830. The fraction of sp³-hybridized carbons (Fsp3) is 0.632. The summed E-state index contributed by atoms with van der Waals surface area (Å²) in [7, 11) is 1.44. The minimum atomic E-state index is -0.266. The summed E-state index contributed by atoms with van der Waals surface area (Å²) in [5, 5.41) is 9.76. The van der Waals surface area contributed by atoms with Crippen LogP contribution in [0.25, 0.3) is 0 Å². The molecule has 0 radical (unpaired) electrons. The molecule has 3 unspecified atom stereocenters. The molecule has 3 atom stereocenters. The molecule has 0 saturated carbocycles. The molecule has 0 amide bonds. The zero-order valence-electron chi connectivity index (χ0n) is 15.3. The number of nitrogens with zero attached hydrogens (tertiary/aromatic N) is 2. The van der Waals surface area contributed by atoms with Gasteiger partial charge in [-0.3, -0.25) is 14.6 Å². The van der Waals surface area contributed by atoms with Crippen molar-refractivity contribution in [1.29, 1.82) is 0 Å². The Morgan fingerprint density at radius 1 is 1.24 bits per heavy atom. The summed E-state index contributed by atoms with van der Waals surface area (Å²) >= 11 is 0. The van der Waals surface area contributed by atoms with Crippen molar-refractivity contribution in [2.24, 2.45) is 0 Å². The molecule has 2 aliphatic rings. The predicted molar refractivity (Wildman–Crippen MR) is 94.5 cm³/mol. The lowest BCUT2D eigenvalue weighted by Crippen LogP contribution is -2.51. The van der Waals surface area contributed by atoms with Gasteiger partial charge in [0.25, 0.3) is 0 Å². The van der Waals surface area contributed by atoms with Gasteiger partial charge in [-0.25, -0.2) is 0 Å². The van der Waals surface area contributed by atoms with E-state index in [1.807, 2.05) is 6.07 Å². The first-order valence-electron chi connectivity index (χ1n) is 8.96. The smallest absolute Gasteiger partial charge is 0.323 e. The summed E-state index contributed by atoms with van der Waals surface area (Å²) in [5.74, 6) is 0.0773. The fourth-order valence-corrected chi connectivity index (χ4v) is 3.97. The van der Waals surface area contributed by atoms with Gasteiger partial charge in [0.1, 0.15) is 11.8 Å². The summed E-state index contributed by atoms with van der Waals surface area (Å²) in [4.78, 5) is 16.8. The van der Waals surface area contributed by atoms with Crippen LogP contribution in [0.1, 0.15) is 25.0 Å². The zero-order valence-corrected chi connectivity index (χ0v) is 15.3. The molecule has 6 nitrogen and oxygen atoms in total. The molecular formula is C19H28N2O4. The summed E-state index contributed by atoms with van der Waals surface area (Å²) in [6.07, 6.45) is 1.09. The lowest BCUT2D eigenvalue weighted by Gasteiger charge is -2.39. The third kappa shape index (κ3) is 4.32. The molecule has 0 aromatic heterocycles. The van der Waals surface area contributed by atoms with Crippen molar-refractivity contribution in [3.63, 3.8) is 0 Å². The van der Waals surface area contributed by atoms with E-state index >= 15 is 0 Å². The van der Waals surface area contributed by atoms with Crippen molar-refractivity contribution in [3.8, 4) is 5.75 Å². The molecule has 1 N–H and O–H groups in total. The van der Waals surface area contributed by atoms with E-state index in [4.69, 9.17) is 9.47 Å². The van der Waals surface area contributed by atoms with Crippen LogP contribution in [-0.2, 0) is 27.2 Å². The molecule has 1 aromatic rings. The van der Waals surface area contributed by atoms with Crippen molar-refractivity contribution in [3.05, 3.63) is 29.3 Å². The van der Waals surface area contributed by atoms with Crippen molar-refractivity contribution in [2.45, 2.75) is 45.1 Å². The number of methoxy groups -OCH3 is 1. The molecule has 6 heteroatoms. The van der Waals surface area contributed by atoms with Crippen molar-refractivity contribution in [1.82, 2.24) is 9.80 Å². The number of phenols is 1. The van der Waals surface area contributed by atoms with E-state index in [1.54, 1.807) is 12.1 Å². The van der Waals surface area contributed by atoms with Gasteiger partial charge in [0.05, 0.1) is 19.3 Å². The molecule has 25 heavy (non-hydrogen) atoms. The Kier molecular flexibility index (Phi) is 5.61. The zero-order chi connectivity index (χ0) is 18.0. The normalized spacial score (nSPS) is 27.7. The summed E-state index contributed by atoms with van der Waals surface area (Å²) in [5.41, 5.74) is 2.20. The highest BCUT2D eigenvalue weighted by Gasteiger charge is 2.33. The molecule has 138 valence electrons. The number of aromatic hydroxyl groups is 1. The predicted octanol–water partition coefficient (Wildman–Crippen LogP) is 1.40. The Balaban J connectivity index is 1.70. The van der Waals surface area contributed by atoms with E-state index in [9.17, 15) is 9.90 Å². The molecule has 0 aliphatic carbocycles. The molecule has 0 spiro atoms. The molecule has 2 aliphatic heterocycles. The number of fused-ring (bicyclic) bond motifs is 1. The minimum absolute atomic E-state index is 0.192. The second kappa shape index (κ2) is 7.72. The van der Waals surface area contributed by atoms with Crippen LogP contribution in [0.3, 0.4) is 0 Å². The maximum absolute atomic E-state index is 12.3. The fourth-order valence-electron chi connectivity index (χ4n) is 3.97. The molecule has 1 saturated heterocycles. The van der Waals surface area contributed by atoms with Gasteiger partial charge in [0, 0.05) is 32.7 Å². The Bertz CT molecular complexity index is 611. The van der Waals surface area contributed by atoms with Crippen LogP contribution in [0.4, 0.5) is 0 Å². The second-order valence-electron chi connectivity index (χ2n) is 7.18. The monoisotopic (exact) mass is 348 g/mol. The van der Waals surface area contributed by atoms with Gasteiger partial charge in [-0.1, -0.05) is 6.07 Å². The van der Waals surface area contributed by atoms with Crippen LogP contribution in [0, 0.1) is 0 Å². The van der Waals surface area contributed by atoms with Gasteiger partial charge < -0.3 is 14.6 Å². The van der Waals surface area contributed by atoms with Crippen LogP contribution >= 0.6 is 0 Å². The number of morpholine rings is 1. The van der Waals surface area contributed by atoms with Crippen LogP contribution in [0.15, 0.2) is 18.2 Å². The molecule has 2 heterocycles. The lowest BCUT2D eigenvalue weighted by atomic mass is 9.93. The first-order valence-corrected chi connectivity index (χ1v) is 8.96. The molecule has 1 fully saturated rings. The third-order valence-corrected chi connectivity index (χ3v) is 5.09. The number of hydrogen-bond donors (Lipinski definition) is 1. The highest BCUT2D eigenvalue weighted by Crippen LogP contribution is 2.27. The van der Waals surface area contributed by atoms with E-state index in [1.165, 1.54) is 7.11 Å². The van der Waals surface area contributed by atoms with Crippen molar-refractivity contribution >= 4 is 5.97 Å². The summed E-state index contributed by atoms with van der Waals surface area (Å²) in [6, 6.07) is 5.12. The standard InChI is InChI=1S/C19H28N2O4/c1-13-10-20(11-14(2)25-13)6-7-21-12-16-8-17(22)5-4-15(16)9-18(21)19(23)24-3/h4-5,8,13-14,18,22H,6-7,9-12H2,1-3H3. The largest absolute Gasteiger partial charge is 0.508 e. The van der Waals surface area contributed by atoms with Crippen LogP contribution in [-0.4, -0.2) is 72.4 Å². The van der Waals surface area contributed by atoms with E-state index < -0.39 is 0 Å². The van der Waals surface area contributed by atoms with Gasteiger partial charge >= 0.3 is 5.97 Å². The minimum Gasteiger partial charge on any atom is -0.508 e. The Hall–Kier alpha value is -1.63. The van der Waals surface area contributed by atoms with Gasteiger partial charge in [-0.2, -0.15) is 0 Å². The first-order chi connectivity index (χ1) is 12.0. The Morgan fingerprint density at radius 3 is 2.64 bits per heavy atom. The van der Waals surface area contributed by atoms with Gasteiger partial charge in [-0.15, -0.1) is 0 Å². The van der Waals surface area contributed by atoms with Crippen molar-refractivity contribution in [2.75, 3.05) is 33.3 Å². The highest BCUT2D eigenvalue weighted by molar-refractivity contribution is 5.76. The van der Waals surface area contributed by atoms with Crippen molar-refractivity contribution < 1.29 is 19.4 Å². The number of hydrogen-bond acceptors (Lipinski definition) is 6. The molecular weight excluding hydrogens is 320 g/mol. The van der Waals surface area contributed by atoms with Crippen LogP contribution in [0.5, 0.6) is 5.75 Å². The number of esters is 1. The Labute approximate surface area is 149 Å². The number of carbonyl (C=O) groups is 1. The number of rotatable bonds is 4. The van der Waals surface area contributed by atoms with Gasteiger partial charge in [-0.05, 0) is 43.5 Å². The topological polar surface area (TPSA) is 62.2 Å². The van der Waals surface area contributed by atoms with Crippen LogP contribution < -0.4 is 0 Å². The highest BCUT2D eigenvalue weighted by atomic mass is 16.5.